The number of urea groups is 1. The average Bonchev–Trinajstić information content (AvgIpc) is 3.34. The van der Waals surface area contributed by atoms with Crippen LogP contribution in [0.1, 0.15) is 79.8 Å². The zero-order chi connectivity index (χ0) is 24.5. The Kier molecular flexibility index (Phi) is 9.01. The van der Waals surface area contributed by atoms with Crippen molar-refractivity contribution in [3.8, 4) is 0 Å². The second-order valence-corrected chi connectivity index (χ2v) is 8.48. The topological polar surface area (TPSA) is 93.5 Å². The highest BCUT2D eigenvalue weighted by Crippen LogP contribution is 2.19. The molecule has 0 atom stereocenters. The molecule has 0 saturated carbocycles. The molecular formula is C26H34N4O4. The summed E-state index contributed by atoms with van der Waals surface area (Å²) in [7, 11) is 1.36. The molecule has 1 aromatic carbocycles. The number of amides is 3. The number of nitrogens with zero attached hydrogens (tertiary/aromatic N) is 3. The van der Waals surface area contributed by atoms with Crippen molar-refractivity contribution in [3.63, 3.8) is 0 Å². The summed E-state index contributed by atoms with van der Waals surface area (Å²) in [5.74, 6) is 0.240. The molecule has 1 aliphatic heterocycles. The van der Waals surface area contributed by atoms with Gasteiger partial charge in [-0.3, -0.25) is 9.69 Å². The summed E-state index contributed by atoms with van der Waals surface area (Å²) in [6.07, 6.45) is 10.3. The van der Waals surface area contributed by atoms with Crippen LogP contribution in [0.2, 0.25) is 0 Å². The Morgan fingerprint density at radius 1 is 1.06 bits per heavy atom. The maximum Gasteiger partial charge on any atom is 0.337 e. The first-order valence-electron chi connectivity index (χ1n) is 12.0. The normalized spacial score (nSPS) is 14.7. The molecule has 1 N–H and O–H groups in total. The van der Waals surface area contributed by atoms with Crippen LogP contribution in [0.4, 0.5) is 4.79 Å². The number of imidazole rings is 1. The van der Waals surface area contributed by atoms with Crippen LogP contribution >= 0.6 is 0 Å². The summed E-state index contributed by atoms with van der Waals surface area (Å²) in [4.78, 5) is 42.8. The summed E-state index contributed by atoms with van der Waals surface area (Å²) in [6.45, 7) is 5.21. The van der Waals surface area contributed by atoms with Crippen LogP contribution in [-0.2, 0) is 22.5 Å². The number of imide groups is 1. The second kappa shape index (κ2) is 12.2. The van der Waals surface area contributed by atoms with E-state index in [-0.39, 0.29) is 23.6 Å². The molecule has 0 bridgehead atoms. The molecule has 1 aromatic heterocycles. The standard InChI is InChI=1S/C26H34N4O4/c1-4-6-8-9-15-29-24(31)22(28-26(29)33)16-21-17-27-23(10-7-5-2)30(21)18-19-11-13-20(14-12-19)25(32)34-3/h11-14,16-17H,4-10,15,18H2,1-3H3,(H,28,33). The van der Waals surface area contributed by atoms with Crippen LogP contribution in [0.3, 0.4) is 0 Å². The van der Waals surface area contributed by atoms with E-state index in [4.69, 9.17) is 4.74 Å². The van der Waals surface area contributed by atoms with Crippen molar-refractivity contribution in [2.75, 3.05) is 13.7 Å². The predicted octanol–water partition coefficient (Wildman–Crippen LogP) is 4.53. The Morgan fingerprint density at radius 2 is 1.79 bits per heavy atom. The number of rotatable bonds is 12. The van der Waals surface area contributed by atoms with Crippen molar-refractivity contribution in [1.29, 1.82) is 0 Å². The summed E-state index contributed by atoms with van der Waals surface area (Å²) >= 11 is 0. The minimum Gasteiger partial charge on any atom is -0.465 e. The van der Waals surface area contributed by atoms with Crippen LogP contribution in [0.15, 0.2) is 36.2 Å². The molecule has 0 spiro atoms. The predicted molar refractivity (Wildman–Crippen MR) is 130 cm³/mol. The van der Waals surface area contributed by atoms with Gasteiger partial charge in [0.1, 0.15) is 11.5 Å². The Balaban J connectivity index is 1.82. The maximum atomic E-state index is 12.9. The fraction of sp³-hybridized carbons (Fsp3) is 0.462. The number of carbonyl (C=O) groups excluding carboxylic acids is 3. The highest BCUT2D eigenvalue weighted by atomic mass is 16.5. The molecule has 182 valence electrons. The van der Waals surface area contributed by atoms with E-state index in [0.29, 0.717) is 18.7 Å². The highest BCUT2D eigenvalue weighted by molar-refractivity contribution is 6.13. The lowest BCUT2D eigenvalue weighted by Gasteiger charge is -2.12. The van der Waals surface area contributed by atoms with Gasteiger partial charge < -0.3 is 14.6 Å². The van der Waals surface area contributed by atoms with Crippen molar-refractivity contribution in [3.05, 3.63) is 58.8 Å². The number of hydrogen-bond donors (Lipinski definition) is 1. The smallest absolute Gasteiger partial charge is 0.337 e. The molecule has 8 heteroatoms. The summed E-state index contributed by atoms with van der Waals surface area (Å²) < 4.78 is 6.83. The number of methoxy groups -OCH3 is 1. The largest absolute Gasteiger partial charge is 0.465 e. The Morgan fingerprint density at radius 3 is 2.47 bits per heavy atom. The number of nitrogens with one attached hydrogen (secondary N) is 1. The molecule has 1 aliphatic rings. The van der Waals surface area contributed by atoms with E-state index in [2.05, 4.69) is 28.7 Å². The second-order valence-electron chi connectivity index (χ2n) is 8.48. The number of carbonyl (C=O) groups is 3. The first-order valence-corrected chi connectivity index (χ1v) is 12.0. The molecule has 1 fully saturated rings. The molecule has 2 heterocycles. The molecule has 0 unspecified atom stereocenters. The van der Waals surface area contributed by atoms with Gasteiger partial charge in [-0.25, -0.2) is 14.6 Å². The number of ether oxygens (including phenoxy) is 1. The van der Waals surface area contributed by atoms with E-state index < -0.39 is 0 Å². The van der Waals surface area contributed by atoms with Crippen LogP contribution in [0.5, 0.6) is 0 Å². The van der Waals surface area contributed by atoms with E-state index >= 15 is 0 Å². The third-order valence-electron chi connectivity index (χ3n) is 5.93. The van der Waals surface area contributed by atoms with Crippen LogP contribution in [0, 0.1) is 0 Å². The molecule has 8 nitrogen and oxygen atoms in total. The third kappa shape index (κ3) is 6.12. The quantitative estimate of drug-likeness (QED) is 0.215. The van der Waals surface area contributed by atoms with Crippen molar-refractivity contribution in [1.82, 2.24) is 19.8 Å². The van der Waals surface area contributed by atoms with Crippen molar-refractivity contribution < 1.29 is 19.1 Å². The van der Waals surface area contributed by atoms with Gasteiger partial charge >= 0.3 is 12.0 Å². The SMILES string of the molecule is CCCCCCN1C(=O)NC(=Cc2cnc(CCCC)n2Cc2ccc(C(=O)OC)cc2)C1=O. The fourth-order valence-corrected chi connectivity index (χ4v) is 3.93. The minimum atomic E-state index is -0.377. The van der Waals surface area contributed by atoms with Crippen LogP contribution < -0.4 is 5.32 Å². The maximum absolute atomic E-state index is 12.9. The average molecular weight is 467 g/mol. The number of unbranched alkanes of at least 4 members (excludes halogenated alkanes) is 4. The zero-order valence-electron chi connectivity index (χ0n) is 20.3. The van der Waals surface area contributed by atoms with Gasteiger partial charge in [0.15, 0.2) is 0 Å². The zero-order valence-corrected chi connectivity index (χ0v) is 20.3. The summed E-state index contributed by atoms with van der Waals surface area (Å²) in [5, 5.41) is 2.72. The molecule has 3 rings (SSSR count). The van der Waals surface area contributed by atoms with Gasteiger partial charge in [0, 0.05) is 19.5 Å². The Bertz CT molecular complexity index is 1040. The van der Waals surface area contributed by atoms with Gasteiger partial charge in [0.05, 0.1) is 24.6 Å². The Hall–Kier alpha value is -3.42. The molecule has 34 heavy (non-hydrogen) atoms. The fourth-order valence-electron chi connectivity index (χ4n) is 3.93. The van der Waals surface area contributed by atoms with Crippen molar-refractivity contribution in [2.24, 2.45) is 0 Å². The Labute approximate surface area is 201 Å². The molecule has 1 saturated heterocycles. The van der Waals surface area contributed by atoms with Crippen molar-refractivity contribution >= 4 is 24.0 Å². The van der Waals surface area contributed by atoms with E-state index in [9.17, 15) is 14.4 Å². The van der Waals surface area contributed by atoms with E-state index in [1.807, 2.05) is 12.1 Å². The number of esters is 1. The van der Waals surface area contributed by atoms with E-state index in [0.717, 1.165) is 62.0 Å². The lowest BCUT2D eigenvalue weighted by atomic mass is 10.1. The third-order valence-corrected chi connectivity index (χ3v) is 5.93. The molecule has 2 aromatic rings. The van der Waals surface area contributed by atoms with Crippen LogP contribution in [-0.4, -0.2) is 46.0 Å². The minimum absolute atomic E-state index is 0.268. The number of aryl methyl sites for hydroxylation is 1. The van der Waals surface area contributed by atoms with Gasteiger partial charge in [-0.1, -0.05) is 51.7 Å². The summed E-state index contributed by atoms with van der Waals surface area (Å²) in [5.41, 5.74) is 2.50. The lowest BCUT2D eigenvalue weighted by molar-refractivity contribution is -0.122. The number of hydrogen-bond acceptors (Lipinski definition) is 5. The van der Waals surface area contributed by atoms with Gasteiger partial charge in [-0.05, 0) is 36.6 Å². The number of aromatic nitrogens is 2. The summed E-state index contributed by atoms with van der Waals surface area (Å²) in [6, 6.07) is 6.86. The molecule has 0 radical (unpaired) electrons. The van der Waals surface area contributed by atoms with Crippen molar-refractivity contribution in [2.45, 2.75) is 65.3 Å². The van der Waals surface area contributed by atoms with Gasteiger partial charge in [-0.15, -0.1) is 0 Å². The molecule has 3 amide bonds. The monoisotopic (exact) mass is 466 g/mol. The van der Waals surface area contributed by atoms with Gasteiger partial charge in [0.2, 0.25) is 0 Å². The van der Waals surface area contributed by atoms with Crippen LogP contribution in [0.25, 0.3) is 6.08 Å². The highest BCUT2D eigenvalue weighted by Gasteiger charge is 2.33. The number of benzene rings is 1. The first kappa shape index (κ1) is 25.2. The molecular weight excluding hydrogens is 432 g/mol. The molecule has 0 aliphatic carbocycles. The van der Waals surface area contributed by atoms with Gasteiger partial charge in [0.25, 0.3) is 5.91 Å². The van der Waals surface area contributed by atoms with E-state index in [1.54, 1.807) is 24.4 Å². The first-order chi connectivity index (χ1) is 16.5. The van der Waals surface area contributed by atoms with Gasteiger partial charge in [-0.2, -0.15) is 0 Å². The van der Waals surface area contributed by atoms with E-state index in [1.165, 1.54) is 12.0 Å². The lowest BCUT2D eigenvalue weighted by Crippen LogP contribution is -2.31.